The highest BCUT2D eigenvalue weighted by molar-refractivity contribution is 6.00. The summed E-state index contributed by atoms with van der Waals surface area (Å²) in [5.74, 6) is -4.73. The Morgan fingerprint density at radius 3 is 2.41 bits per heavy atom. The van der Waals surface area contributed by atoms with E-state index >= 15 is 4.39 Å². The predicted molar refractivity (Wildman–Crippen MR) is 242 cm³/mol. The van der Waals surface area contributed by atoms with Crippen molar-refractivity contribution in [2.24, 2.45) is 13.0 Å². The van der Waals surface area contributed by atoms with Gasteiger partial charge in [0.05, 0.1) is 23.7 Å². The molecule has 0 radical (unpaired) electrons. The molecule has 3 aromatic heterocycles. The molecule has 17 nitrogen and oxygen atoms in total. The van der Waals surface area contributed by atoms with E-state index in [-0.39, 0.29) is 43.0 Å². The van der Waals surface area contributed by atoms with E-state index in [1.54, 1.807) is 48.1 Å². The fourth-order valence-electron chi connectivity index (χ4n) is 9.31. The molecule has 5 heterocycles. The average molecular weight is 937 g/mol. The molecular weight excluding hydrogens is 886 g/mol. The van der Waals surface area contributed by atoms with E-state index < -0.39 is 46.6 Å². The normalized spacial score (nSPS) is 19.0. The van der Waals surface area contributed by atoms with Gasteiger partial charge in [0.1, 0.15) is 24.1 Å². The van der Waals surface area contributed by atoms with Gasteiger partial charge in [-0.1, -0.05) is 23.4 Å². The molecule has 2 saturated heterocycles. The number of amides is 3. The average Bonchev–Trinajstić information content (AvgIpc) is 3.95. The number of piperazine rings is 1. The molecule has 356 valence electrons. The summed E-state index contributed by atoms with van der Waals surface area (Å²) in [4.78, 5) is 68.8. The molecule has 0 bridgehead atoms. The van der Waals surface area contributed by atoms with Crippen LogP contribution in [0, 0.1) is 23.4 Å². The highest BCUT2D eigenvalue weighted by atomic mass is 19.2. The van der Waals surface area contributed by atoms with Crippen molar-refractivity contribution in [3.63, 3.8) is 0 Å². The molecule has 3 fully saturated rings. The molecule has 1 unspecified atom stereocenters. The van der Waals surface area contributed by atoms with E-state index in [4.69, 9.17) is 19.0 Å². The number of methoxy groups -OCH3 is 1. The molecule has 3 aromatic carbocycles. The number of piperidine rings is 1. The van der Waals surface area contributed by atoms with Gasteiger partial charge in [-0.2, -0.15) is 9.37 Å². The van der Waals surface area contributed by atoms with Crippen LogP contribution in [0.25, 0.3) is 22.6 Å². The fourth-order valence-corrected chi connectivity index (χ4v) is 9.31. The molecule has 9 rings (SSSR count). The first kappa shape index (κ1) is 46.0. The third kappa shape index (κ3) is 9.81. The van der Waals surface area contributed by atoms with Gasteiger partial charge in [0.2, 0.25) is 23.6 Å². The highest BCUT2D eigenvalue weighted by Crippen LogP contribution is 2.36. The Hall–Kier alpha value is -7.09. The topological polar surface area (TPSA) is 192 Å². The number of halogens is 3. The summed E-state index contributed by atoms with van der Waals surface area (Å²) in [5.41, 5.74) is 2.61. The van der Waals surface area contributed by atoms with Crippen LogP contribution in [0.3, 0.4) is 0 Å². The Morgan fingerprint density at radius 1 is 0.897 bits per heavy atom. The maximum Gasteiger partial charge on any atom is 0.329 e. The molecule has 68 heavy (non-hydrogen) atoms. The maximum absolute atomic E-state index is 15.0. The van der Waals surface area contributed by atoms with E-state index in [9.17, 15) is 28.0 Å². The van der Waals surface area contributed by atoms with E-state index in [2.05, 4.69) is 35.6 Å². The third-order valence-electron chi connectivity index (χ3n) is 13.2. The molecule has 20 heteroatoms. The quantitative estimate of drug-likeness (QED) is 0.0954. The van der Waals surface area contributed by atoms with Crippen LogP contribution in [0.15, 0.2) is 70.1 Å². The Kier molecular flexibility index (Phi) is 13.6. The second-order valence-corrected chi connectivity index (χ2v) is 17.6. The first-order valence-electron chi connectivity index (χ1n) is 22.8. The van der Waals surface area contributed by atoms with Gasteiger partial charge >= 0.3 is 5.69 Å². The molecule has 2 N–H and O–H groups in total. The largest absolute Gasteiger partial charge is 0.497 e. The lowest BCUT2D eigenvalue weighted by Crippen LogP contribution is -2.47. The highest BCUT2D eigenvalue weighted by Gasteiger charge is 2.32. The number of carbonyl (C=O) groups excluding carboxylic acids is 3. The SMILES string of the molecule is COc1ccc(COc2c(F)cc(C(=O)NCC3CCC(c4noc(-c5ccnc(N6CCN(CCCc7ccc8c(c7)n(C)c(=O)n8C7CCC(=O)NC7=O)CC6)n5)n4)CC3)c(F)c2F)cc1. The van der Waals surface area contributed by atoms with Gasteiger partial charge in [0, 0.05) is 58.3 Å². The lowest BCUT2D eigenvalue weighted by atomic mass is 9.81. The van der Waals surface area contributed by atoms with Crippen molar-refractivity contribution in [1.29, 1.82) is 0 Å². The summed E-state index contributed by atoms with van der Waals surface area (Å²) in [7, 11) is 3.21. The van der Waals surface area contributed by atoms with Crippen LogP contribution >= 0.6 is 0 Å². The number of aromatic nitrogens is 6. The zero-order valence-corrected chi connectivity index (χ0v) is 37.7. The first-order valence-corrected chi connectivity index (χ1v) is 22.8. The smallest absolute Gasteiger partial charge is 0.329 e. The van der Waals surface area contributed by atoms with Crippen molar-refractivity contribution < 1.29 is 41.6 Å². The second kappa shape index (κ2) is 20.0. The van der Waals surface area contributed by atoms with Crippen LogP contribution < -0.4 is 30.7 Å². The molecule has 3 amide bonds. The maximum atomic E-state index is 15.0. The number of hydrogen-bond donors (Lipinski definition) is 2. The lowest BCUT2D eigenvalue weighted by molar-refractivity contribution is -0.135. The summed E-state index contributed by atoms with van der Waals surface area (Å²) < 4.78 is 63.9. The van der Waals surface area contributed by atoms with Crippen LogP contribution in [0.5, 0.6) is 11.5 Å². The third-order valence-corrected chi connectivity index (χ3v) is 13.2. The summed E-state index contributed by atoms with van der Waals surface area (Å²) in [5, 5.41) is 9.26. The van der Waals surface area contributed by atoms with Crippen molar-refractivity contribution in [3.05, 3.63) is 111 Å². The van der Waals surface area contributed by atoms with E-state index in [1.165, 1.54) is 11.7 Å². The van der Waals surface area contributed by atoms with Crippen molar-refractivity contribution in [3.8, 4) is 23.1 Å². The summed E-state index contributed by atoms with van der Waals surface area (Å²) >= 11 is 0. The molecule has 1 saturated carbocycles. The molecule has 0 spiro atoms. The number of carbonyl (C=O) groups is 3. The van der Waals surface area contributed by atoms with Crippen LogP contribution in [0.2, 0.25) is 0 Å². The van der Waals surface area contributed by atoms with Crippen LogP contribution in [0.1, 0.15) is 84.2 Å². The molecule has 3 aliphatic rings. The Bertz CT molecular complexity index is 2890. The van der Waals surface area contributed by atoms with Gasteiger partial charge < -0.3 is 24.2 Å². The number of hydrogen-bond acceptors (Lipinski definition) is 13. The van der Waals surface area contributed by atoms with E-state index in [0.29, 0.717) is 78.4 Å². The summed E-state index contributed by atoms with van der Waals surface area (Å²) in [6.45, 7) is 4.01. The Morgan fingerprint density at radius 2 is 1.66 bits per heavy atom. The van der Waals surface area contributed by atoms with Crippen molar-refractivity contribution in [2.45, 2.75) is 69.9 Å². The zero-order chi connectivity index (χ0) is 47.5. The predicted octanol–water partition coefficient (Wildman–Crippen LogP) is 5.62. The number of imidazole rings is 1. The van der Waals surface area contributed by atoms with Gasteiger partial charge in [-0.25, -0.2) is 23.5 Å². The lowest BCUT2D eigenvalue weighted by Gasteiger charge is -2.34. The van der Waals surface area contributed by atoms with Crippen molar-refractivity contribution in [1.82, 2.24) is 44.8 Å². The zero-order valence-electron chi connectivity index (χ0n) is 37.7. The van der Waals surface area contributed by atoms with Gasteiger partial charge in [0.25, 0.3) is 11.8 Å². The number of fused-ring (bicyclic) bond motifs is 1. The number of imide groups is 1. The molecule has 6 aromatic rings. The first-order chi connectivity index (χ1) is 32.9. The van der Waals surface area contributed by atoms with Gasteiger partial charge in [-0.15, -0.1) is 0 Å². The van der Waals surface area contributed by atoms with E-state index in [1.807, 2.05) is 18.2 Å². The Labute approximate surface area is 388 Å². The molecule has 1 aliphatic carbocycles. The van der Waals surface area contributed by atoms with Gasteiger partial charge in [0.15, 0.2) is 23.2 Å². The molecule has 2 aliphatic heterocycles. The van der Waals surface area contributed by atoms with E-state index in [0.717, 1.165) is 56.6 Å². The fraction of sp³-hybridized carbons (Fsp3) is 0.417. The minimum atomic E-state index is -1.57. The van der Waals surface area contributed by atoms with Gasteiger partial charge in [-0.05, 0) is 105 Å². The number of nitrogens with one attached hydrogen (secondary N) is 2. The molecular formula is C48H51F3N10O7. The summed E-state index contributed by atoms with van der Waals surface area (Å²) in [6, 6.07) is 14.2. The number of ether oxygens (including phenoxy) is 2. The monoisotopic (exact) mass is 936 g/mol. The van der Waals surface area contributed by atoms with Crippen LogP contribution in [-0.4, -0.2) is 98.2 Å². The summed E-state index contributed by atoms with van der Waals surface area (Å²) in [6.07, 6.45) is 6.76. The van der Waals surface area contributed by atoms with Gasteiger partial charge in [-0.3, -0.25) is 33.7 Å². The second-order valence-electron chi connectivity index (χ2n) is 17.6. The Balaban J connectivity index is 0.717. The minimum absolute atomic E-state index is 0.0171. The number of aryl methyl sites for hydroxylation is 2. The number of rotatable bonds is 15. The van der Waals surface area contributed by atoms with Crippen LogP contribution in [-0.2, 0) is 29.7 Å². The molecule has 1 atom stereocenters. The number of anilines is 1. The minimum Gasteiger partial charge on any atom is -0.497 e. The standard InChI is InChI=1S/C48H51F3N10O7/c1-58-38-24-28(9-14-36(38)61(48(58)65)37-15-16-39(62)55-45(37)64)4-3-19-59-20-22-60(23-21-59)47-52-18-17-35(54-47)46-56-43(57-68-46)31-10-5-29(6-11-31)26-53-44(63)33-25-34(49)42(41(51)40(33)50)67-27-30-7-12-32(66-2)13-8-30/h7-9,12-14,17-18,24-25,29,31,37H,3-6,10-11,15-16,19-23,26-27H2,1-2H3,(H,53,63)(H,55,62,64). The number of benzene rings is 3. The van der Waals surface area contributed by atoms with Crippen LogP contribution in [0.4, 0.5) is 19.1 Å². The van der Waals surface area contributed by atoms with Crippen molar-refractivity contribution >= 4 is 34.7 Å². The van der Waals surface area contributed by atoms with Crippen molar-refractivity contribution in [2.75, 3.05) is 51.3 Å². The number of nitrogens with zero attached hydrogens (tertiary/aromatic N) is 8.